The molecule has 0 fully saturated rings. The number of ether oxygens (including phenoxy) is 1. The minimum Gasteiger partial charge on any atom is -0.492 e. The van der Waals surface area contributed by atoms with E-state index in [4.69, 9.17) is 4.74 Å². The molecule has 0 saturated heterocycles. The van der Waals surface area contributed by atoms with Gasteiger partial charge in [0.1, 0.15) is 12.4 Å². The highest BCUT2D eigenvalue weighted by Gasteiger charge is 2.22. The lowest BCUT2D eigenvalue weighted by Gasteiger charge is -2.19. The Hall–Kier alpha value is -3.26. The standard InChI is InChI=1S/C27H29N3O3S/c1-30(34(31,32)27-13-7-11-24-21-29-15-14-25(24)27)18-16-28-17-19-33-26-12-6-5-10-23(26)20-22-8-3-2-4-9-22/h2-15,21,28H,16-20H2,1H3. The lowest BCUT2D eigenvalue weighted by molar-refractivity contribution is 0.309. The van der Waals surface area contributed by atoms with Gasteiger partial charge < -0.3 is 10.1 Å². The molecular formula is C27H29N3O3S. The van der Waals surface area contributed by atoms with E-state index in [1.54, 1.807) is 37.6 Å². The van der Waals surface area contributed by atoms with E-state index in [9.17, 15) is 8.42 Å². The highest BCUT2D eigenvalue weighted by Crippen LogP contribution is 2.24. The number of rotatable bonds is 11. The molecule has 1 N–H and O–H groups in total. The van der Waals surface area contributed by atoms with Gasteiger partial charge in [-0.05, 0) is 29.3 Å². The maximum Gasteiger partial charge on any atom is 0.243 e. The zero-order chi connectivity index (χ0) is 23.8. The number of para-hydroxylation sites is 1. The van der Waals surface area contributed by atoms with Crippen LogP contribution in [0.3, 0.4) is 0 Å². The molecule has 0 unspecified atom stereocenters. The van der Waals surface area contributed by atoms with Gasteiger partial charge in [0, 0.05) is 56.3 Å². The molecule has 0 aliphatic carbocycles. The third-order valence-electron chi connectivity index (χ3n) is 5.68. The Morgan fingerprint density at radius 1 is 0.912 bits per heavy atom. The summed E-state index contributed by atoms with van der Waals surface area (Å²) in [4.78, 5) is 4.38. The van der Waals surface area contributed by atoms with Crippen molar-refractivity contribution >= 4 is 20.8 Å². The molecule has 1 aromatic heterocycles. The van der Waals surface area contributed by atoms with Crippen LogP contribution in [-0.2, 0) is 16.4 Å². The van der Waals surface area contributed by atoms with Crippen LogP contribution in [0.25, 0.3) is 10.8 Å². The van der Waals surface area contributed by atoms with Gasteiger partial charge in [-0.3, -0.25) is 4.98 Å². The number of hydrogen-bond acceptors (Lipinski definition) is 5. The van der Waals surface area contributed by atoms with Gasteiger partial charge >= 0.3 is 0 Å². The van der Waals surface area contributed by atoms with E-state index in [0.717, 1.165) is 23.1 Å². The first-order valence-corrected chi connectivity index (χ1v) is 12.7. The Bertz CT molecular complexity index is 1320. The van der Waals surface area contributed by atoms with Gasteiger partial charge in [-0.2, -0.15) is 4.31 Å². The third-order valence-corrected chi connectivity index (χ3v) is 7.59. The van der Waals surface area contributed by atoms with Crippen LogP contribution in [0.15, 0.2) is 96.2 Å². The molecule has 0 aliphatic heterocycles. The summed E-state index contributed by atoms with van der Waals surface area (Å²) in [7, 11) is -2.00. The maximum atomic E-state index is 13.1. The maximum absolute atomic E-state index is 13.1. The van der Waals surface area contributed by atoms with E-state index in [1.165, 1.54) is 9.87 Å². The smallest absolute Gasteiger partial charge is 0.243 e. The quantitative estimate of drug-likeness (QED) is 0.331. The lowest BCUT2D eigenvalue weighted by Crippen LogP contribution is -2.35. The number of fused-ring (bicyclic) bond motifs is 1. The highest BCUT2D eigenvalue weighted by molar-refractivity contribution is 7.89. The highest BCUT2D eigenvalue weighted by atomic mass is 32.2. The average Bonchev–Trinajstić information content (AvgIpc) is 2.87. The summed E-state index contributed by atoms with van der Waals surface area (Å²) in [5.41, 5.74) is 2.38. The number of nitrogens with one attached hydrogen (secondary N) is 1. The first-order valence-electron chi connectivity index (χ1n) is 11.3. The molecule has 0 aliphatic rings. The molecule has 0 amide bonds. The molecule has 3 aromatic carbocycles. The second kappa shape index (κ2) is 11.2. The van der Waals surface area contributed by atoms with Gasteiger partial charge in [0.2, 0.25) is 10.0 Å². The second-order valence-electron chi connectivity index (χ2n) is 8.05. The van der Waals surface area contributed by atoms with Crippen molar-refractivity contribution in [2.75, 3.05) is 33.3 Å². The fourth-order valence-corrected chi connectivity index (χ4v) is 5.19. The molecule has 0 atom stereocenters. The fourth-order valence-electron chi connectivity index (χ4n) is 3.81. The molecule has 0 radical (unpaired) electrons. The summed E-state index contributed by atoms with van der Waals surface area (Å²) in [5, 5.41) is 4.76. The SMILES string of the molecule is CN(CCNCCOc1ccccc1Cc1ccccc1)S(=O)(=O)c1cccc2cnccc12. The number of nitrogens with zero attached hydrogens (tertiary/aromatic N) is 2. The number of benzene rings is 3. The predicted octanol–water partition coefficient (Wildman–Crippen LogP) is 4.11. The Balaban J connectivity index is 1.26. The molecule has 4 aromatic rings. The minimum atomic E-state index is -3.60. The van der Waals surface area contributed by atoms with Crippen molar-refractivity contribution in [2.45, 2.75) is 11.3 Å². The molecule has 6 nitrogen and oxygen atoms in total. The van der Waals surface area contributed by atoms with Crippen LogP contribution in [0.5, 0.6) is 5.75 Å². The lowest BCUT2D eigenvalue weighted by atomic mass is 10.0. The van der Waals surface area contributed by atoms with Crippen molar-refractivity contribution in [2.24, 2.45) is 0 Å². The Morgan fingerprint density at radius 3 is 2.56 bits per heavy atom. The normalized spacial score (nSPS) is 11.7. The van der Waals surface area contributed by atoms with Crippen molar-refractivity contribution in [3.8, 4) is 5.75 Å². The van der Waals surface area contributed by atoms with Crippen molar-refractivity contribution < 1.29 is 13.2 Å². The third kappa shape index (κ3) is 5.80. The second-order valence-corrected chi connectivity index (χ2v) is 10.1. The molecular weight excluding hydrogens is 446 g/mol. The van der Waals surface area contributed by atoms with Crippen LogP contribution in [0.4, 0.5) is 0 Å². The van der Waals surface area contributed by atoms with Crippen LogP contribution >= 0.6 is 0 Å². The van der Waals surface area contributed by atoms with Gasteiger partial charge in [-0.15, -0.1) is 0 Å². The van der Waals surface area contributed by atoms with E-state index >= 15 is 0 Å². The number of sulfonamides is 1. The summed E-state index contributed by atoms with van der Waals surface area (Å²) >= 11 is 0. The molecule has 176 valence electrons. The van der Waals surface area contributed by atoms with Crippen molar-refractivity contribution in [1.82, 2.24) is 14.6 Å². The molecule has 1 heterocycles. The molecule has 0 spiro atoms. The summed E-state index contributed by atoms with van der Waals surface area (Å²) < 4.78 is 33.6. The van der Waals surface area contributed by atoms with E-state index < -0.39 is 10.0 Å². The molecule has 34 heavy (non-hydrogen) atoms. The van der Waals surface area contributed by atoms with E-state index in [2.05, 4.69) is 28.5 Å². The Kier molecular flexibility index (Phi) is 7.90. The molecule has 0 bridgehead atoms. The van der Waals surface area contributed by atoms with Crippen LogP contribution in [0.1, 0.15) is 11.1 Å². The molecule has 7 heteroatoms. The number of hydrogen-bond donors (Lipinski definition) is 1. The first kappa shape index (κ1) is 23.9. The van der Waals surface area contributed by atoms with Gasteiger partial charge in [0.15, 0.2) is 0 Å². The molecule has 0 saturated carbocycles. The summed E-state index contributed by atoms with van der Waals surface area (Å²) in [6.45, 7) is 2.00. The van der Waals surface area contributed by atoms with Crippen LogP contribution in [0, 0.1) is 0 Å². The minimum absolute atomic E-state index is 0.299. The van der Waals surface area contributed by atoms with Gasteiger partial charge in [-0.25, -0.2) is 8.42 Å². The fraction of sp³-hybridized carbons (Fsp3) is 0.222. The Labute approximate surface area is 201 Å². The number of pyridine rings is 1. The molecule has 4 rings (SSSR count). The largest absolute Gasteiger partial charge is 0.492 e. The van der Waals surface area contributed by atoms with Crippen LogP contribution in [-0.4, -0.2) is 51.0 Å². The van der Waals surface area contributed by atoms with Crippen molar-refractivity contribution in [3.05, 3.63) is 102 Å². The average molecular weight is 476 g/mol. The summed E-state index contributed by atoms with van der Waals surface area (Å²) in [6, 6.07) is 25.4. The topological polar surface area (TPSA) is 71.5 Å². The van der Waals surface area contributed by atoms with Gasteiger partial charge in [0.25, 0.3) is 0 Å². The van der Waals surface area contributed by atoms with E-state index in [-0.39, 0.29) is 0 Å². The van der Waals surface area contributed by atoms with E-state index in [0.29, 0.717) is 36.5 Å². The predicted molar refractivity (Wildman–Crippen MR) is 136 cm³/mol. The van der Waals surface area contributed by atoms with E-state index in [1.807, 2.05) is 42.5 Å². The van der Waals surface area contributed by atoms with Gasteiger partial charge in [-0.1, -0.05) is 60.7 Å². The Morgan fingerprint density at radius 2 is 1.71 bits per heavy atom. The number of likely N-dealkylation sites (N-methyl/N-ethyl adjacent to an activating group) is 1. The van der Waals surface area contributed by atoms with Crippen LogP contribution < -0.4 is 10.1 Å². The van der Waals surface area contributed by atoms with Gasteiger partial charge in [0.05, 0.1) is 4.90 Å². The first-order chi connectivity index (χ1) is 16.6. The number of aromatic nitrogens is 1. The zero-order valence-corrected chi connectivity index (χ0v) is 20.0. The summed E-state index contributed by atoms with van der Waals surface area (Å²) in [5.74, 6) is 0.873. The van der Waals surface area contributed by atoms with Crippen molar-refractivity contribution in [1.29, 1.82) is 0 Å². The van der Waals surface area contributed by atoms with Crippen LogP contribution in [0.2, 0.25) is 0 Å². The van der Waals surface area contributed by atoms with Crippen molar-refractivity contribution in [3.63, 3.8) is 0 Å². The summed E-state index contributed by atoms with van der Waals surface area (Å²) in [6.07, 6.45) is 4.10. The monoisotopic (exact) mass is 475 g/mol. The zero-order valence-electron chi connectivity index (χ0n) is 19.2.